The number of rotatable bonds is 36. The van der Waals surface area contributed by atoms with Crippen molar-refractivity contribution in [1.29, 1.82) is 0 Å². The predicted molar refractivity (Wildman–Crippen MR) is 207 cm³/mol. The third kappa shape index (κ3) is 25.3. The number of aliphatic hydroxyl groups is 5. The minimum atomic E-state index is -5.00. The first kappa shape index (κ1) is 50.4. The average Bonchev–Trinajstić information content (AvgIpc) is 3.14. The van der Waals surface area contributed by atoms with E-state index in [0.717, 1.165) is 38.5 Å². The molecular weight excluding hydrogens is 703 g/mol. The van der Waals surface area contributed by atoms with Crippen LogP contribution in [-0.2, 0) is 27.9 Å². The molecule has 1 rings (SSSR count). The molecule has 0 radical (unpaired) electrons. The molecule has 0 saturated heterocycles. The van der Waals surface area contributed by atoms with Crippen LogP contribution < -0.4 is 0 Å². The van der Waals surface area contributed by atoms with Crippen molar-refractivity contribution in [2.75, 3.05) is 19.8 Å². The van der Waals surface area contributed by atoms with Gasteiger partial charge in [-0.15, -0.1) is 0 Å². The molecule has 6 N–H and O–H groups in total. The van der Waals surface area contributed by atoms with Crippen LogP contribution in [0.25, 0.3) is 0 Å². The molecule has 0 bridgehead atoms. The lowest BCUT2D eigenvalue weighted by atomic mass is 9.85. The molecule has 6 unspecified atom stereocenters. The number of hydrogen-bond acceptors (Lipinski definition) is 11. The van der Waals surface area contributed by atoms with Crippen molar-refractivity contribution in [3.63, 3.8) is 0 Å². The fourth-order valence-corrected chi connectivity index (χ4v) is 7.74. The minimum absolute atomic E-state index is 0.0686. The van der Waals surface area contributed by atoms with Gasteiger partial charge < -0.3 is 39.9 Å². The number of carbonyl (C=O) groups excluding carboxylic acids is 1. The summed E-state index contributed by atoms with van der Waals surface area (Å²) >= 11 is 0. The SMILES string of the molecule is CCCCCCCCCCCCCCCCCOCC(COP(=O)(O)OC1C(O)C(O)C(O)C(O)C1O)OC(=O)CCCCCCCCCCCCC. The smallest absolute Gasteiger partial charge is 0.457 e. The van der Waals surface area contributed by atoms with Crippen LogP contribution in [0.5, 0.6) is 0 Å². The Morgan fingerprint density at radius 1 is 0.528 bits per heavy atom. The van der Waals surface area contributed by atoms with Crippen molar-refractivity contribution < 1.29 is 58.3 Å². The Balaban J connectivity index is 2.41. The zero-order chi connectivity index (χ0) is 39.2. The second-order valence-corrected chi connectivity index (χ2v) is 16.6. The van der Waals surface area contributed by atoms with Gasteiger partial charge in [0.05, 0.1) is 13.2 Å². The average molecular weight is 783 g/mol. The second kappa shape index (κ2) is 32.4. The number of esters is 1. The quantitative estimate of drug-likeness (QED) is 0.0206. The van der Waals surface area contributed by atoms with Gasteiger partial charge in [0, 0.05) is 13.0 Å². The van der Waals surface area contributed by atoms with E-state index in [2.05, 4.69) is 13.8 Å². The van der Waals surface area contributed by atoms with Crippen molar-refractivity contribution >= 4 is 13.8 Å². The van der Waals surface area contributed by atoms with Gasteiger partial charge in [0.25, 0.3) is 0 Å². The normalized spacial score (nSPS) is 23.5. The lowest BCUT2D eigenvalue weighted by Gasteiger charge is -2.41. The summed E-state index contributed by atoms with van der Waals surface area (Å²) in [5.41, 5.74) is 0. The molecule has 1 saturated carbocycles. The van der Waals surface area contributed by atoms with Crippen LogP contribution in [0.4, 0.5) is 0 Å². The summed E-state index contributed by atoms with van der Waals surface area (Å²) in [6.07, 6.45) is 18.9. The molecule has 6 atom stereocenters. The summed E-state index contributed by atoms with van der Waals surface area (Å²) in [6, 6.07) is 0. The molecular formula is C40H79O12P. The third-order valence-corrected chi connectivity index (χ3v) is 11.2. The highest BCUT2D eigenvalue weighted by atomic mass is 31.2. The van der Waals surface area contributed by atoms with E-state index in [-0.39, 0.29) is 13.0 Å². The fourth-order valence-electron chi connectivity index (χ4n) is 6.77. The van der Waals surface area contributed by atoms with E-state index in [1.807, 2.05) is 0 Å². The second-order valence-electron chi connectivity index (χ2n) is 15.2. The van der Waals surface area contributed by atoms with Crippen molar-refractivity contribution in [2.24, 2.45) is 0 Å². The predicted octanol–water partition coefficient (Wildman–Crippen LogP) is 7.81. The Kier molecular flexibility index (Phi) is 30.8. The van der Waals surface area contributed by atoms with E-state index in [4.69, 9.17) is 18.5 Å². The molecule has 0 aromatic rings. The molecule has 0 heterocycles. The van der Waals surface area contributed by atoms with Gasteiger partial charge in [-0.05, 0) is 12.8 Å². The summed E-state index contributed by atoms with van der Waals surface area (Å²) in [5, 5.41) is 50.0. The van der Waals surface area contributed by atoms with Gasteiger partial charge >= 0.3 is 13.8 Å². The lowest BCUT2D eigenvalue weighted by molar-refractivity contribution is -0.220. The Labute approximate surface area is 321 Å². The van der Waals surface area contributed by atoms with Crippen LogP contribution in [-0.4, -0.2) is 98.9 Å². The highest BCUT2D eigenvalue weighted by Crippen LogP contribution is 2.47. The molecule has 0 amide bonds. The largest absolute Gasteiger partial charge is 0.472 e. The number of unbranched alkanes of at least 4 members (excludes halogenated alkanes) is 24. The number of ether oxygens (including phenoxy) is 2. The first-order valence-electron chi connectivity index (χ1n) is 21.4. The molecule has 0 aromatic carbocycles. The molecule has 1 fully saturated rings. The Morgan fingerprint density at radius 3 is 1.30 bits per heavy atom. The van der Waals surface area contributed by atoms with Crippen LogP contribution in [0.2, 0.25) is 0 Å². The van der Waals surface area contributed by atoms with Gasteiger partial charge in [0.15, 0.2) is 0 Å². The van der Waals surface area contributed by atoms with E-state index >= 15 is 0 Å². The van der Waals surface area contributed by atoms with Crippen LogP contribution in [0, 0.1) is 0 Å². The van der Waals surface area contributed by atoms with Gasteiger partial charge in [-0.1, -0.05) is 168 Å². The fraction of sp³-hybridized carbons (Fsp3) is 0.975. The van der Waals surface area contributed by atoms with Crippen molar-refractivity contribution in [3.8, 4) is 0 Å². The topological polar surface area (TPSA) is 192 Å². The van der Waals surface area contributed by atoms with Gasteiger partial charge in [0.1, 0.15) is 42.7 Å². The third-order valence-electron chi connectivity index (χ3n) is 10.2. The molecule has 1 aliphatic rings. The Hall–Kier alpha value is -0.660. The van der Waals surface area contributed by atoms with Gasteiger partial charge in [-0.3, -0.25) is 13.8 Å². The maximum atomic E-state index is 12.8. The first-order chi connectivity index (χ1) is 25.5. The molecule has 12 nitrogen and oxygen atoms in total. The highest BCUT2D eigenvalue weighted by Gasteiger charge is 2.51. The van der Waals surface area contributed by atoms with Crippen LogP contribution in [0.1, 0.15) is 187 Å². The summed E-state index contributed by atoms with van der Waals surface area (Å²) < 4.78 is 34.1. The molecule has 316 valence electrons. The van der Waals surface area contributed by atoms with Crippen molar-refractivity contribution in [1.82, 2.24) is 0 Å². The number of phosphoric ester groups is 1. The molecule has 0 aromatic heterocycles. The van der Waals surface area contributed by atoms with Crippen LogP contribution in [0.15, 0.2) is 0 Å². The number of hydrogen-bond donors (Lipinski definition) is 6. The lowest BCUT2D eigenvalue weighted by Crippen LogP contribution is -2.64. The first-order valence-corrected chi connectivity index (χ1v) is 22.9. The van der Waals surface area contributed by atoms with Crippen molar-refractivity contribution in [3.05, 3.63) is 0 Å². The minimum Gasteiger partial charge on any atom is -0.457 e. The molecule has 53 heavy (non-hydrogen) atoms. The van der Waals surface area contributed by atoms with E-state index in [1.165, 1.54) is 122 Å². The Morgan fingerprint density at radius 2 is 0.887 bits per heavy atom. The molecule has 1 aliphatic carbocycles. The number of phosphoric acid groups is 1. The van der Waals surface area contributed by atoms with E-state index in [0.29, 0.717) is 13.0 Å². The monoisotopic (exact) mass is 783 g/mol. The summed E-state index contributed by atoms with van der Waals surface area (Å²) in [7, 11) is -5.00. The Bertz CT molecular complexity index is 895. The maximum absolute atomic E-state index is 12.8. The van der Waals surface area contributed by atoms with Gasteiger partial charge in [-0.25, -0.2) is 4.57 Å². The van der Waals surface area contributed by atoms with E-state index in [1.54, 1.807) is 0 Å². The highest BCUT2D eigenvalue weighted by molar-refractivity contribution is 7.47. The molecule has 13 heteroatoms. The van der Waals surface area contributed by atoms with E-state index in [9.17, 15) is 39.8 Å². The van der Waals surface area contributed by atoms with Crippen molar-refractivity contribution in [2.45, 2.75) is 230 Å². The molecule has 0 aliphatic heterocycles. The summed E-state index contributed by atoms with van der Waals surface area (Å²) in [4.78, 5) is 23.0. The summed E-state index contributed by atoms with van der Waals surface area (Å²) in [5.74, 6) is -0.475. The van der Waals surface area contributed by atoms with Crippen LogP contribution in [0.3, 0.4) is 0 Å². The van der Waals surface area contributed by atoms with Crippen LogP contribution >= 0.6 is 7.82 Å². The van der Waals surface area contributed by atoms with E-state index < -0.39 is 63.1 Å². The molecule has 0 spiro atoms. The zero-order valence-corrected chi connectivity index (χ0v) is 34.2. The van der Waals surface area contributed by atoms with Gasteiger partial charge in [-0.2, -0.15) is 0 Å². The zero-order valence-electron chi connectivity index (χ0n) is 33.3. The number of carbonyl (C=O) groups is 1. The maximum Gasteiger partial charge on any atom is 0.472 e. The standard InChI is InChI=1S/C40H79O12P/c1-3-5-7-9-11-13-15-16-17-18-20-22-24-26-28-30-49-31-33(51-34(41)29-27-25-23-21-19-14-12-10-8-6-4-2)32-50-53(47,48)52-40-38(45)36(43)35(42)37(44)39(40)46/h33,35-40,42-46H,3-32H2,1-2H3,(H,47,48). The van der Waals surface area contributed by atoms with Gasteiger partial charge in [0.2, 0.25) is 0 Å². The summed E-state index contributed by atoms with van der Waals surface area (Å²) in [6.45, 7) is 4.26. The number of aliphatic hydroxyl groups excluding tert-OH is 5.